The first kappa shape index (κ1) is 15.0. The molecule has 3 heteroatoms. The Hall–Kier alpha value is -0.410. The van der Waals surface area contributed by atoms with Crippen molar-refractivity contribution in [2.75, 3.05) is 7.05 Å². The standard InChI is InChI=1S/C16H23BrFN/c1-19-16(13-6-4-2-3-5-7-13)11-12-8-9-15(18)14(17)10-12/h8-10,13,16,19H,2-7,11H2,1H3. The Bertz CT molecular complexity index is 400. The second-order valence-electron chi connectivity index (χ2n) is 5.60. The van der Waals surface area contributed by atoms with Gasteiger partial charge in [0.05, 0.1) is 4.47 Å². The van der Waals surface area contributed by atoms with Crippen molar-refractivity contribution in [2.45, 2.75) is 51.0 Å². The van der Waals surface area contributed by atoms with E-state index in [9.17, 15) is 4.39 Å². The van der Waals surface area contributed by atoms with Gasteiger partial charge in [0.1, 0.15) is 5.82 Å². The van der Waals surface area contributed by atoms with Crippen LogP contribution in [0.3, 0.4) is 0 Å². The molecule has 106 valence electrons. The van der Waals surface area contributed by atoms with E-state index in [1.807, 2.05) is 19.2 Å². The number of nitrogens with one attached hydrogen (secondary N) is 1. The van der Waals surface area contributed by atoms with E-state index >= 15 is 0 Å². The first-order valence-corrected chi connectivity index (χ1v) is 8.11. The second-order valence-corrected chi connectivity index (χ2v) is 6.45. The fourth-order valence-corrected chi connectivity index (χ4v) is 3.56. The third kappa shape index (κ3) is 4.28. The maximum absolute atomic E-state index is 13.3. The van der Waals surface area contributed by atoms with Crippen LogP contribution in [0.5, 0.6) is 0 Å². The molecular weight excluding hydrogens is 305 g/mol. The summed E-state index contributed by atoms with van der Waals surface area (Å²) in [5.41, 5.74) is 1.21. The highest BCUT2D eigenvalue weighted by atomic mass is 79.9. The van der Waals surface area contributed by atoms with Crippen LogP contribution in [0, 0.1) is 11.7 Å². The summed E-state index contributed by atoms with van der Waals surface area (Å²) in [4.78, 5) is 0. The van der Waals surface area contributed by atoms with E-state index < -0.39 is 0 Å². The van der Waals surface area contributed by atoms with Gasteiger partial charge >= 0.3 is 0 Å². The first-order valence-electron chi connectivity index (χ1n) is 7.32. The van der Waals surface area contributed by atoms with Crippen molar-refractivity contribution in [3.05, 3.63) is 34.1 Å². The molecule has 1 unspecified atom stereocenters. The summed E-state index contributed by atoms with van der Waals surface area (Å²) in [7, 11) is 2.05. The number of benzene rings is 1. The quantitative estimate of drug-likeness (QED) is 0.791. The Morgan fingerprint density at radius 3 is 2.53 bits per heavy atom. The summed E-state index contributed by atoms with van der Waals surface area (Å²) in [5.74, 6) is 0.579. The molecule has 1 aromatic carbocycles. The molecule has 0 amide bonds. The summed E-state index contributed by atoms with van der Waals surface area (Å²) in [6.07, 6.45) is 9.12. The number of hydrogen-bond donors (Lipinski definition) is 1. The van der Waals surface area contributed by atoms with Crippen molar-refractivity contribution >= 4 is 15.9 Å². The Balaban J connectivity index is 2.02. The summed E-state index contributed by atoms with van der Waals surface area (Å²) in [5, 5.41) is 3.47. The van der Waals surface area contributed by atoms with Crippen LogP contribution in [0.2, 0.25) is 0 Å². The maximum Gasteiger partial charge on any atom is 0.137 e. The zero-order valence-corrected chi connectivity index (χ0v) is 13.2. The number of likely N-dealkylation sites (N-methyl/N-ethyl adjacent to an activating group) is 1. The smallest absolute Gasteiger partial charge is 0.137 e. The van der Waals surface area contributed by atoms with Gasteiger partial charge in [-0.2, -0.15) is 0 Å². The van der Waals surface area contributed by atoms with Gasteiger partial charge in [-0.3, -0.25) is 0 Å². The van der Waals surface area contributed by atoms with Crippen molar-refractivity contribution in [3.63, 3.8) is 0 Å². The molecule has 2 rings (SSSR count). The second kappa shape index (κ2) is 7.39. The number of rotatable bonds is 4. The minimum atomic E-state index is -0.181. The molecule has 1 N–H and O–H groups in total. The molecule has 1 atom stereocenters. The minimum absolute atomic E-state index is 0.181. The Morgan fingerprint density at radius 2 is 1.95 bits per heavy atom. The fourth-order valence-electron chi connectivity index (χ4n) is 3.14. The van der Waals surface area contributed by atoms with Crippen molar-refractivity contribution < 1.29 is 4.39 Å². The molecule has 1 nitrogen and oxygen atoms in total. The molecule has 1 fully saturated rings. The molecule has 0 saturated heterocycles. The zero-order chi connectivity index (χ0) is 13.7. The lowest BCUT2D eigenvalue weighted by molar-refractivity contribution is 0.332. The molecular formula is C16H23BrFN. The van der Waals surface area contributed by atoms with Gasteiger partial charge in [0, 0.05) is 6.04 Å². The lowest BCUT2D eigenvalue weighted by Crippen LogP contribution is -2.35. The highest BCUT2D eigenvalue weighted by molar-refractivity contribution is 9.10. The van der Waals surface area contributed by atoms with Crippen LogP contribution in [0.25, 0.3) is 0 Å². The van der Waals surface area contributed by atoms with Gasteiger partial charge in [0.25, 0.3) is 0 Å². The van der Waals surface area contributed by atoms with E-state index in [1.165, 1.54) is 44.1 Å². The lowest BCUT2D eigenvalue weighted by Gasteiger charge is -2.26. The Kier molecular flexibility index (Phi) is 5.83. The van der Waals surface area contributed by atoms with Crippen LogP contribution in [0.4, 0.5) is 4.39 Å². The normalized spacial score (nSPS) is 19.1. The molecule has 19 heavy (non-hydrogen) atoms. The third-order valence-corrected chi connectivity index (χ3v) is 4.89. The molecule has 0 radical (unpaired) electrons. The lowest BCUT2D eigenvalue weighted by atomic mass is 9.88. The monoisotopic (exact) mass is 327 g/mol. The van der Waals surface area contributed by atoms with E-state index in [-0.39, 0.29) is 5.82 Å². The number of hydrogen-bond acceptors (Lipinski definition) is 1. The average molecular weight is 328 g/mol. The van der Waals surface area contributed by atoms with Crippen LogP contribution in [-0.4, -0.2) is 13.1 Å². The predicted octanol–water partition coefficient (Wildman–Crippen LogP) is 4.69. The molecule has 0 heterocycles. The van der Waals surface area contributed by atoms with Crippen LogP contribution in [0.15, 0.2) is 22.7 Å². The van der Waals surface area contributed by atoms with Crippen LogP contribution < -0.4 is 5.32 Å². The van der Waals surface area contributed by atoms with E-state index in [0.29, 0.717) is 10.5 Å². The Labute approximate surface area is 124 Å². The van der Waals surface area contributed by atoms with Gasteiger partial charge in [-0.25, -0.2) is 4.39 Å². The fraction of sp³-hybridized carbons (Fsp3) is 0.625. The third-order valence-electron chi connectivity index (χ3n) is 4.28. The van der Waals surface area contributed by atoms with Crippen molar-refractivity contribution in [1.82, 2.24) is 5.32 Å². The summed E-state index contributed by atoms with van der Waals surface area (Å²) < 4.78 is 13.8. The van der Waals surface area contributed by atoms with Gasteiger partial charge in [0.2, 0.25) is 0 Å². The largest absolute Gasteiger partial charge is 0.316 e. The van der Waals surface area contributed by atoms with Crippen LogP contribution in [-0.2, 0) is 6.42 Å². The molecule has 0 aliphatic heterocycles. The SMILES string of the molecule is CNC(Cc1ccc(F)c(Br)c1)C1CCCCCC1. The molecule has 0 aromatic heterocycles. The van der Waals surface area contributed by atoms with Gasteiger partial charge in [0.15, 0.2) is 0 Å². The van der Waals surface area contributed by atoms with Gasteiger partial charge in [-0.05, 0) is 65.9 Å². The van der Waals surface area contributed by atoms with E-state index in [1.54, 1.807) is 6.07 Å². The molecule has 1 saturated carbocycles. The maximum atomic E-state index is 13.3. The molecule has 1 aromatic rings. The summed E-state index contributed by atoms with van der Waals surface area (Å²) in [6.45, 7) is 0. The van der Waals surface area contributed by atoms with E-state index in [4.69, 9.17) is 0 Å². The highest BCUT2D eigenvalue weighted by Gasteiger charge is 2.21. The Morgan fingerprint density at radius 1 is 1.26 bits per heavy atom. The van der Waals surface area contributed by atoms with Crippen LogP contribution >= 0.6 is 15.9 Å². The van der Waals surface area contributed by atoms with Crippen molar-refractivity contribution in [2.24, 2.45) is 5.92 Å². The highest BCUT2D eigenvalue weighted by Crippen LogP contribution is 2.27. The van der Waals surface area contributed by atoms with Crippen LogP contribution in [0.1, 0.15) is 44.1 Å². The minimum Gasteiger partial charge on any atom is -0.316 e. The topological polar surface area (TPSA) is 12.0 Å². The van der Waals surface area contributed by atoms with Crippen molar-refractivity contribution in [1.29, 1.82) is 0 Å². The van der Waals surface area contributed by atoms with E-state index in [0.717, 1.165) is 12.3 Å². The zero-order valence-electron chi connectivity index (χ0n) is 11.6. The predicted molar refractivity (Wildman–Crippen MR) is 81.8 cm³/mol. The van der Waals surface area contributed by atoms with Gasteiger partial charge < -0.3 is 5.32 Å². The van der Waals surface area contributed by atoms with Gasteiger partial charge in [-0.15, -0.1) is 0 Å². The molecule has 1 aliphatic carbocycles. The summed E-state index contributed by atoms with van der Waals surface area (Å²) in [6, 6.07) is 5.88. The average Bonchev–Trinajstić information content (AvgIpc) is 2.69. The molecule has 1 aliphatic rings. The van der Waals surface area contributed by atoms with E-state index in [2.05, 4.69) is 21.2 Å². The van der Waals surface area contributed by atoms with Gasteiger partial charge in [-0.1, -0.05) is 31.7 Å². The molecule has 0 bridgehead atoms. The molecule has 0 spiro atoms. The van der Waals surface area contributed by atoms with Crippen molar-refractivity contribution in [3.8, 4) is 0 Å². The number of halogens is 2. The summed E-state index contributed by atoms with van der Waals surface area (Å²) >= 11 is 3.27. The first-order chi connectivity index (χ1) is 9.20.